The number of methoxy groups -OCH3 is 2. The molecule has 26 heavy (non-hydrogen) atoms. The Hall–Kier alpha value is -2.50. The van der Waals surface area contributed by atoms with Crippen LogP contribution in [-0.2, 0) is 20.7 Å². The average Bonchev–Trinajstić information content (AvgIpc) is 3.29. The summed E-state index contributed by atoms with van der Waals surface area (Å²) in [5, 5.41) is 2.77. The van der Waals surface area contributed by atoms with Gasteiger partial charge in [-0.1, -0.05) is 18.2 Å². The van der Waals surface area contributed by atoms with Gasteiger partial charge in [-0.2, -0.15) is 0 Å². The molecule has 2 aliphatic rings. The van der Waals surface area contributed by atoms with E-state index in [1.807, 2.05) is 18.2 Å². The summed E-state index contributed by atoms with van der Waals surface area (Å²) in [5.74, 6) is 1.51. The smallest absolute Gasteiger partial charge is 0.310 e. The van der Waals surface area contributed by atoms with Gasteiger partial charge in [0.05, 0.1) is 20.1 Å². The van der Waals surface area contributed by atoms with Gasteiger partial charge in [0, 0.05) is 6.54 Å². The standard InChI is InChI=1S/C20H25NO5/c1-24-17-6-4-13(11-18(17)25-2)7-8-21-19(22)12-26-20(23)16-10-14-3-5-15(16)9-14/h3-6,11,14-16H,7-10,12H2,1-2H3,(H,21,22)/t14-,15+,16+/m1/s1. The van der Waals surface area contributed by atoms with Crippen LogP contribution in [0.5, 0.6) is 11.5 Å². The lowest BCUT2D eigenvalue weighted by atomic mass is 9.94. The zero-order valence-electron chi connectivity index (χ0n) is 15.2. The van der Waals surface area contributed by atoms with Crippen molar-refractivity contribution in [2.75, 3.05) is 27.4 Å². The van der Waals surface area contributed by atoms with E-state index in [9.17, 15) is 9.59 Å². The van der Waals surface area contributed by atoms with Crippen LogP contribution in [-0.4, -0.2) is 39.2 Å². The molecule has 3 rings (SSSR count). The number of carbonyl (C=O) groups is 2. The highest BCUT2D eigenvalue weighted by Crippen LogP contribution is 2.43. The number of benzene rings is 1. The van der Waals surface area contributed by atoms with Crippen LogP contribution >= 0.6 is 0 Å². The van der Waals surface area contributed by atoms with Crippen molar-refractivity contribution in [1.82, 2.24) is 5.32 Å². The Kier molecular flexibility index (Phi) is 5.81. The molecule has 2 aliphatic carbocycles. The first kappa shape index (κ1) is 18.3. The first-order chi connectivity index (χ1) is 12.6. The first-order valence-electron chi connectivity index (χ1n) is 8.93. The SMILES string of the molecule is COc1ccc(CCNC(=O)COC(=O)[C@H]2C[C@@H]3C=C[C@H]2C3)cc1OC. The summed E-state index contributed by atoms with van der Waals surface area (Å²) in [7, 11) is 3.18. The molecular formula is C20H25NO5. The van der Waals surface area contributed by atoms with E-state index in [1.165, 1.54) is 0 Å². The molecule has 3 atom stereocenters. The summed E-state index contributed by atoms with van der Waals surface area (Å²) in [6.07, 6.45) is 6.81. The minimum Gasteiger partial charge on any atom is -0.493 e. The van der Waals surface area contributed by atoms with E-state index in [1.54, 1.807) is 14.2 Å². The largest absolute Gasteiger partial charge is 0.493 e. The Morgan fingerprint density at radius 2 is 1.92 bits per heavy atom. The Morgan fingerprint density at radius 1 is 1.12 bits per heavy atom. The van der Waals surface area contributed by atoms with Crippen molar-refractivity contribution >= 4 is 11.9 Å². The van der Waals surface area contributed by atoms with E-state index < -0.39 is 0 Å². The quantitative estimate of drug-likeness (QED) is 0.568. The molecule has 1 N–H and O–H groups in total. The van der Waals surface area contributed by atoms with E-state index >= 15 is 0 Å². The molecule has 1 aromatic carbocycles. The normalized spacial score (nSPS) is 22.9. The molecule has 6 heteroatoms. The lowest BCUT2D eigenvalue weighted by molar-refractivity contribution is -0.153. The van der Waals surface area contributed by atoms with Crippen LogP contribution in [0, 0.1) is 17.8 Å². The molecular weight excluding hydrogens is 334 g/mol. The molecule has 1 amide bonds. The zero-order valence-corrected chi connectivity index (χ0v) is 15.2. The number of fused-ring (bicyclic) bond motifs is 2. The highest BCUT2D eigenvalue weighted by atomic mass is 16.5. The Bertz CT molecular complexity index is 699. The fourth-order valence-corrected chi connectivity index (χ4v) is 3.73. The van der Waals surface area contributed by atoms with E-state index in [-0.39, 0.29) is 24.4 Å². The maximum Gasteiger partial charge on any atom is 0.310 e. The van der Waals surface area contributed by atoms with E-state index in [4.69, 9.17) is 14.2 Å². The van der Waals surface area contributed by atoms with Crippen molar-refractivity contribution < 1.29 is 23.8 Å². The van der Waals surface area contributed by atoms with Gasteiger partial charge in [0.15, 0.2) is 18.1 Å². The number of ether oxygens (including phenoxy) is 3. The second-order valence-electron chi connectivity index (χ2n) is 6.78. The summed E-state index contributed by atoms with van der Waals surface area (Å²) in [6.45, 7) is 0.241. The van der Waals surface area contributed by atoms with Gasteiger partial charge in [-0.3, -0.25) is 9.59 Å². The molecule has 0 unspecified atom stereocenters. The third kappa shape index (κ3) is 4.18. The number of hydrogen-bond acceptors (Lipinski definition) is 5. The van der Waals surface area contributed by atoms with E-state index in [0.29, 0.717) is 36.3 Å². The second kappa shape index (κ2) is 8.25. The fourth-order valence-electron chi connectivity index (χ4n) is 3.73. The molecule has 1 fully saturated rings. The molecule has 6 nitrogen and oxygen atoms in total. The highest BCUT2D eigenvalue weighted by molar-refractivity contribution is 5.81. The number of nitrogens with one attached hydrogen (secondary N) is 1. The first-order valence-corrected chi connectivity index (χ1v) is 8.93. The van der Waals surface area contributed by atoms with Crippen molar-refractivity contribution in [2.24, 2.45) is 17.8 Å². The molecule has 0 heterocycles. The summed E-state index contributed by atoms with van der Waals surface area (Å²) in [5.41, 5.74) is 1.02. The number of carbonyl (C=O) groups excluding carboxylic acids is 2. The summed E-state index contributed by atoms with van der Waals surface area (Å²) in [4.78, 5) is 24.0. The Balaban J connectivity index is 1.38. The molecule has 0 radical (unpaired) electrons. The van der Waals surface area contributed by atoms with Gasteiger partial charge in [0.2, 0.25) is 0 Å². The minimum absolute atomic E-state index is 0.0791. The number of hydrogen-bond donors (Lipinski definition) is 1. The van der Waals surface area contributed by atoms with Crippen molar-refractivity contribution in [3.05, 3.63) is 35.9 Å². The maximum atomic E-state index is 12.1. The molecule has 0 spiro atoms. The van der Waals surface area contributed by atoms with Gasteiger partial charge in [0.25, 0.3) is 5.91 Å². The van der Waals surface area contributed by atoms with Gasteiger partial charge in [-0.15, -0.1) is 0 Å². The van der Waals surface area contributed by atoms with Gasteiger partial charge in [-0.25, -0.2) is 0 Å². The summed E-state index contributed by atoms with van der Waals surface area (Å²) < 4.78 is 15.7. The number of allylic oxidation sites excluding steroid dienone is 2. The topological polar surface area (TPSA) is 73.9 Å². The predicted octanol–water partition coefficient (Wildman–Crippen LogP) is 2.12. The van der Waals surface area contributed by atoms with Crippen molar-refractivity contribution in [3.63, 3.8) is 0 Å². The van der Waals surface area contributed by atoms with Crippen LogP contribution in [0.25, 0.3) is 0 Å². The maximum absolute atomic E-state index is 12.1. The fraction of sp³-hybridized carbons (Fsp3) is 0.500. The number of amides is 1. The predicted molar refractivity (Wildman–Crippen MR) is 96.1 cm³/mol. The van der Waals surface area contributed by atoms with E-state index in [2.05, 4.69) is 17.5 Å². The van der Waals surface area contributed by atoms with Gasteiger partial charge in [0.1, 0.15) is 0 Å². The molecule has 0 aliphatic heterocycles. The van der Waals surface area contributed by atoms with Gasteiger partial charge < -0.3 is 19.5 Å². The lowest BCUT2D eigenvalue weighted by Crippen LogP contribution is -2.32. The molecule has 1 aromatic rings. The Morgan fingerprint density at radius 3 is 2.58 bits per heavy atom. The van der Waals surface area contributed by atoms with Crippen LogP contribution in [0.15, 0.2) is 30.4 Å². The molecule has 0 saturated heterocycles. The minimum atomic E-state index is -0.280. The van der Waals surface area contributed by atoms with Crippen LogP contribution in [0.1, 0.15) is 18.4 Å². The van der Waals surface area contributed by atoms with Crippen LogP contribution in [0.4, 0.5) is 0 Å². The number of rotatable bonds is 8. The monoisotopic (exact) mass is 359 g/mol. The van der Waals surface area contributed by atoms with Gasteiger partial charge >= 0.3 is 5.97 Å². The average molecular weight is 359 g/mol. The third-order valence-electron chi connectivity index (χ3n) is 5.11. The molecule has 1 saturated carbocycles. The van der Waals surface area contributed by atoms with Crippen LogP contribution in [0.2, 0.25) is 0 Å². The highest BCUT2D eigenvalue weighted by Gasteiger charge is 2.40. The van der Waals surface area contributed by atoms with Crippen molar-refractivity contribution in [3.8, 4) is 11.5 Å². The van der Waals surface area contributed by atoms with E-state index in [0.717, 1.165) is 18.4 Å². The second-order valence-corrected chi connectivity index (χ2v) is 6.78. The molecule has 2 bridgehead atoms. The third-order valence-corrected chi connectivity index (χ3v) is 5.11. The Labute approximate surface area is 153 Å². The van der Waals surface area contributed by atoms with Crippen molar-refractivity contribution in [1.29, 1.82) is 0 Å². The van der Waals surface area contributed by atoms with Crippen LogP contribution in [0.3, 0.4) is 0 Å². The number of esters is 1. The lowest BCUT2D eigenvalue weighted by Gasteiger charge is -2.16. The van der Waals surface area contributed by atoms with Crippen molar-refractivity contribution in [2.45, 2.75) is 19.3 Å². The molecule has 140 valence electrons. The molecule has 0 aromatic heterocycles. The zero-order chi connectivity index (χ0) is 18.5. The van der Waals surface area contributed by atoms with Crippen LogP contribution < -0.4 is 14.8 Å². The summed E-state index contributed by atoms with van der Waals surface area (Å²) in [6, 6.07) is 5.64. The van der Waals surface area contributed by atoms with Gasteiger partial charge in [-0.05, 0) is 48.8 Å². The summed E-state index contributed by atoms with van der Waals surface area (Å²) >= 11 is 0.